The number of tetrazole rings is 1. The predicted molar refractivity (Wildman–Crippen MR) is 106 cm³/mol. The number of aromatic nitrogens is 4. The van der Waals surface area contributed by atoms with Gasteiger partial charge in [0.25, 0.3) is 0 Å². The third kappa shape index (κ3) is 3.20. The van der Waals surface area contributed by atoms with E-state index in [0.717, 1.165) is 31.2 Å². The van der Waals surface area contributed by atoms with Crippen LogP contribution in [-0.2, 0) is 0 Å². The van der Waals surface area contributed by atoms with Crippen molar-refractivity contribution >= 4 is 0 Å². The molecule has 1 aliphatic carbocycles. The molecule has 3 aliphatic rings. The Morgan fingerprint density at radius 1 is 1.00 bits per heavy atom. The molecular formula is C21H30N6O. The summed E-state index contributed by atoms with van der Waals surface area (Å²) in [5, 5.41) is 13.1. The molecule has 5 rings (SSSR count). The Morgan fingerprint density at radius 2 is 1.82 bits per heavy atom. The lowest BCUT2D eigenvalue weighted by Crippen LogP contribution is -2.51. The van der Waals surface area contributed by atoms with Crippen LogP contribution in [-0.4, -0.2) is 69.3 Å². The molecule has 0 radical (unpaired) electrons. The van der Waals surface area contributed by atoms with Gasteiger partial charge in [-0.1, -0.05) is 31.0 Å². The molecular weight excluding hydrogens is 352 g/mol. The molecule has 0 N–H and O–H groups in total. The van der Waals surface area contributed by atoms with Crippen LogP contribution in [0.25, 0.3) is 0 Å². The summed E-state index contributed by atoms with van der Waals surface area (Å²) in [7, 11) is 1.75. The van der Waals surface area contributed by atoms with Gasteiger partial charge >= 0.3 is 0 Å². The maximum absolute atomic E-state index is 5.75. The Hall–Kier alpha value is -1.99. The van der Waals surface area contributed by atoms with Gasteiger partial charge in [-0.25, -0.2) is 4.68 Å². The lowest BCUT2D eigenvalue weighted by atomic mass is 10.00. The highest BCUT2D eigenvalue weighted by atomic mass is 16.5. The summed E-state index contributed by atoms with van der Waals surface area (Å²) in [6, 6.07) is 9.48. The van der Waals surface area contributed by atoms with Crippen molar-refractivity contribution < 1.29 is 4.74 Å². The number of methoxy groups -OCH3 is 1. The van der Waals surface area contributed by atoms with Gasteiger partial charge in [-0.05, 0) is 48.7 Å². The number of piperazine rings is 1. The fourth-order valence-corrected chi connectivity index (χ4v) is 5.43. The highest BCUT2D eigenvalue weighted by molar-refractivity contribution is 5.39. The lowest BCUT2D eigenvalue weighted by molar-refractivity contribution is 0.0778. The Balaban J connectivity index is 1.55. The third-order valence-electron chi connectivity index (χ3n) is 6.85. The van der Waals surface area contributed by atoms with E-state index < -0.39 is 0 Å². The van der Waals surface area contributed by atoms with Crippen molar-refractivity contribution in [2.75, 3.05) is 33.3 Å². The maximum atomic E-state index is 5.75. The topological polar surface area (TPSA) is 59.3 Å². The van der Waals surface area contributed by atoms with E-state index in [9.17, 15) is 0 Å². The molecule has 0 amide bonds. The minimum Gasteiger partial charge on any atom is -0.496 e. The van der Waals surface area contributed by atoms with Crippen LogP contribution in [0.2, 0.25) is 0 Å². The molecule has 28 heavy (non-hydrogen) atoms. The number of fused-ring (bicyclic) bond motifs is 1. The van der Waals surface area contributed by atoms with E-state index in [1.165, 1.54) is 50.6 Å². The number of nitrogens with zero attached hydrogens (tertiary/aromatic N) is 6. The van der Waals surface area contributed by atoms with Gasteiger partial charge in [-0.15, -0.1) is 5.10 Å². The van der Waals surface area contributed by atoms with Crippen LogP contribution in [0.15, 0.2) is 24.3 Å². The van der Waals surface area contributed by atoms with Gasteiger partial charge in [-0.3, -0.25) is 9.80 Å². The van der Waals surface area contributed by atoms with Crippen LogP contribution in [0.5, 0.6) is 5.75 Å². The van der Waals surface area contributed by atoms with Crippen molar-refractivity contribution in [1.29, 1.82) is 0 Å². The molecule has 3 fully saturated rings. The predicted octanol–water partition coefficient (Wildman–Crippen LogP) is 2.67. The van der Waals surface area contributed by atoms with Crippen molar-refractivity contribution in [1.82, 2.24) is 30.0 Å². The SMILES string of the molecule is COc1ccccc1[C@@H](c1nnnn1C1CCCC1)N1CCN2CCC[C@@H]2C1. The molecule has 2 atom stereocenters. The Labute approximate surface area is 166 Å². The summed E-state index contributed by atoms with van der Waals surface area (Å²) in [6.45, 7) is 4.48. The van der Waals surface area contributed by atoms with Gasteiger partial charge in [-0.2, -0.15) is 0 Å². The normalized spacial score (nSPS) is 25.1. The molecule has 1 aromatic carbocycles. The molecule has 7 heteroatoms. The Morgan fingerprint density at radius 3 is 2.68 bits per heavy atom. The first-order valence-corrected chi connectivity index (χ1v) is 10.7. The molecule has 7 nitrogen and oxygen atoms in total. The molecule has 2 aliphatic heterocycles. The summed E-state index contributed by atoms with van der Waals surface area (Å²) in [5.41, 5.74) is 1.17. The molecule has 0 unspecified atom stereocenters. The molecule has 1 aromatic heterocycles. The van der Waals surface area contributed by atoms with Crippen LogP contribution in [0, 0.1) is 0 Å². The van der Waals surface area contributed by atoms with E-state index in [2.05, 4.69) is 48.2 Å². The lowest BCUT2D eigenvalue weighted by Gasteiger charge is -2.41. The molecule has 2 aromatic rings. The van der Waals surface area contributed by atoms with Gasteiger partial charge in [0.15, 0.2) is 5.82 Å². The first-order valence-electron chi connectivity index (χ1n) is 10.7. The second kappa shape index (κ2) is 7.79. The van der Waals surface area contributed by atoms with E-state index in [1.807, 2.05) is 6.07 Å². The number of benzene rings is 1. The first-order chi connectivity index (χ1) is 13.8. The van der Waals surface area contributed by atoms with Crippen molar-refractivity contribution in [2.24, 2.45) is 0 Å². The number of rotatable bonds is 5. The minimum atomic E-state index is 0.0366. The zero-order valence-corrected chi connectivity index (χ0v) is 16.7. The summed E-state index contributed by atoms with van der Waals surface area (Å²) >= 11 is 0. The monoisotopic (exact) mass is 382 g/mol. The summed E-state index contributed by atoms with van der Waals surface area (Å²) in [6.07, 6.45) is 7.49. The average Bonchev–Trinajstić information content (AvgIpc) is 3.49. The molecule has 3 heterocycles. The second-order valence-electron chi connectivity index (χ2n) is 8.39. The van der Waals surface area contributed by atoms with Crippen molar-refractivity contribution in [3.05, 3.63) is 35.7 Å². The summed E-state index contributed by atoms with van der Waals surface area (Å²) < 4.78 is 7.87. The van der Waals surface area contributed by atoms with E-state index in [4.69, 9.17) is 4.74 Å². The average molecular weight is 383 g/mol. The van der Waals surface area contributed by atoms with Crippen molar-refractivity contribution in [3.63, 3.8) is 0 Å². The first kappa shape index (κ1) is 18.1. The zero-order chi connectivity index (χ0) is 18.9. The van der Waals surface area contributed by atoms with Gasteiger partial charge in [0.1, 0.15) is 11.8 Å². The molecule has 0 bridgehead atoms. The molecule has 1 saturated carbocycles. The summed E-state index contributed by atoms with van der Waals surface area (Å²) in [5.74, 6) is 1.89. The van der Waals surface area contributed by atoms with Crippen LogP contribution in [0.4, 0.5) is 0 Å². The van der Waals surface area contributed by atoms with Crippen molar-refractivity contribution in [3.8, 4) is 5.75 Å². The van der Waals surface area contributed by atoms with Gasteiger partial charge in [0.2, 0.25) is 0 Å². The van der Waals surface area contributed by atoms with Crippen LogP contribution >= 0.6 is 0 Å². The third-order valence-corrected chi connectivity index (χ3v) is 6.85. The van der Waals surface area contributed by atoms with Crippen LogP contribution in [0.1, 0.15) is 62.0 Å². The van der Waals surface area contributed by atoms with Crippen LogP contribution in [0.3, 0.4) is 0 Å². The van der Waals surface area contributed by atoms with E-state index in [0.29, 0.717) is 12.1 Å². The van der Waals surface area contributed by atoms with E-state index >= 15 is 0 Å². The molecule has 2 saturated heterocycles. The Kier molecular flexibility index (Phi) is 5.03. The quantitative estimate of drug-likeness (QED) is 0.792. The number of hydrogen-bond donors (Lipinski definition) is 0. The highest BCUT2D eigenvalue weighted by Crippen LogP contribution is 2.38. The number of para-hydroxylation sites is 1. The maximum Gasteiger partial charge on any atom is 0.173 e. The van der Waals surface area contributed by atoms with Gasteiger partial charge in [0, 0.05) is 31.2 Å². The fourth-order valence-electron chi connectivity index (χ4n) is 5.43. The molecule has 0 spiro atoms. The highest BCUT2D eigenvalue weighted by Gasteiger charge is 2.38. The molecule has 150 valence electrons. The van der Waals surface area contributed by atoms with E-state index in [1.54, 1.807) is 7.11 Å². The van der Waals surface area contributed by atoms with Gasteiger partial charge in [0.05, 0.1) is 13.2 Å². The van der Waals surface area contributed by atoms with Gasteiger partial charge < -0.3 is 4.74 Å². The minimum absolute atomic E-state index is 0.0366. The summed E-state index contributed by atoms with van der Waals surface area (Å²) in [4.78, 5) is 5.23. The smallest absolute Gasteiger partial charge is 0.173 e. The van der Waals surface area contributed by atoms with E-state index in [-0.39, 0.29) is 6.04 Å². The largest absolute Gasteiger partial charge is 0.496 e. The van der Waals surface area contributed by atoms with Crippen molar-refractivity contribution in [2.45, 2.75) is 56.7 Å². The standard InChI is InChI=1S/C21H30N6O/c1-28-19-11-5-4-10-18(19)20(26-14-13-25-12-6-9-17(25)15-26)21-22-23-24-27(21)16-7-2-3-8-16/h4-5,10-11,16-17,20H,2-3,6-9,12-15H2,1H3/t17-,20+/m1/s1. The Bertz CT molecular complexity index is 802. The fraction of sp³-hybridized carbons (Fsp3) is 0.667. The zero-order valence-electron chi connectivity index (χ0n) is 16.7. The number of ether oxygens (including phenoxy) is 1. The second-order valence-corrected chi connectivity index (χ2v) is 8.39. The number of hydrogen-bond acceptors (Lipinski definition) is 6. The van der Waals surface area contributed by atoms with Crippen LogP contribution < -0.4 is 4.74 Å².